The van der Waals surface area contributed by atoms with Gasteiger partial charge in [-0.15, -0.1) is 11.8 Å². The number of carbonyl (C=O) groups is 1. The number of hydrogen-bond acceptors (Lipinski definition) is 5. The summed E-state index contributed by atoms with van der Waals surface area (Å²) >= 11 is 1.01. The fourth-order valence-electron chi connectivity index (χ4n) is 2.69. The minimum atomic E-state index is -4.69. The molecule has 1 aromatic heterocycles. The van der Waals surface area contributed by atoms with Crippen molar-refractivity contribution in [2.45, 2.75) is 43.1 Å². The fraction of sp³-hybridized carbons (Fsp3) is 0.412. The van der Waals surface area contributed by atoms with Crippen LogP contribution in [-0.4, -0.2) is 32.0 Å². The van der Waals surface area contributed by atoms with Crippen LogP contribution in [0, 0.1) is 24.0 Å². The van der Waals surface area contributed by atoms with Gasteiger partial charge >= 0.3 is 6.18 Å². The molecular formula is C17H19F3N4O3S. The van der Waals surface area contributed by atoms with Crippen molar-refractivity contribution in [1.29, 1.82) is 0 Å². The molecule has 0 saturated heterocycles. The van der Waals surface area contributed by atoms with Gasteiger partial charge in [0, 0.05) is 35.3 Å². The molecule has 11 heteroatoms. The molecule has 1 N–H and O–H groups in total. The number of nitro groups is 1. The number of rotatable bonds is 6. The van der Waals surface area contributed by atoms with Gasteiger partial charge in [-0.05, 0) is 32.9 Å². The van der Waals surface area contributed by atoms with Crippen molar-refractivity contribution in [2.75, 3.05) is 0 Å². The second-order valence-corrected chi connectivity index (χ2v) is 7.62. The molecule has 1 amide bonds. The highest BCUT2D eigenvalue weighted by atomic mass is 32.2. The topological polar surface area (TPSA) is 90.1 Å². The molecule has 2 atom stereocenters. The molecule has 0 spiro atoms. The number of aromatic nitrogens is 2. The van der Waals surface area contributed by atoms with Crippen LogP contribution < -0.4 is 5.32 Å². The fourth-order valence-corrected chi connectivity index (χ4v) is 3.57. The number of nitrogens with zero attached hydrogens (tertiary/aromatic N) is 3. The first kappa shape index (κ1) is 21.7. The van der Waals surface area contributed by atoms with E-state index >= 15 is 0 Å². The largest absolute Gasteiger partial charge is 0.413 e. The Hall–Kier alpha value is -2.56. The van der Waals surface area contributed by atoms with E-state index in [2.05, 4.69) is 10.4 Å². The van der Waals surface area contributed by atoms with E-state index in [1.165, 1.54) is 56.8 Å². The summed E-state index contributed by atoms with van der Waals surface area (Å²) in [6, 6.07) is 3.27. The Labute approximate surface area is 163 Å². The van der Waals surface area contributed by atoms with Crippen LogP contribution in [0.4, 0.5) is 18.9 Å². The first-order valence-corrected chi connectivity index (χ1v) is 9.08. The molecule has 0 aliphatic carbocycles. The van der Waals surface area contributed by atoms with Gasteiger partial charge in [0.25, 0.3) is 5.69 Å². The standard InChI is InChI=1S/C17H19F3N4O3S/c1-9-14(10(2)23(4)22-9)15(17(18,19)20)21-16(25)11(3)28-13-7-5-12(6-8-13)24(26)27/h5-8,11,15H,1-4H3,(H,21,25)/t11-,15-/m1/s1. The van der Waals surface area contributed by atoms with Gasteiger partial charge in [-0.1, -0.05) is 0 Å². The van der Waals surface area contributed by atoms with Gasteiger partial charge in [-0.3, -0.25) is 19.6 Å². The van der Waals surface area contributed by atoms with Gasteiger partial charge < -0.3 is 5.32 Å². The number of alkyl halides is 3. The molecular weight excluding hydrogens is 397 g/mol. The van der Waals surface area contributed by atoms with Crippen LogP contribution in [-0.2, 0) is 11.8 Å². The van der Waals surface area contributed by atoms with E-state index in [0.29, 0.717) is 10.6 Å². The number of benzene rings is 1. The summed E-state index contributed by atoms with van der Waals surface area (Å²) in [6.45, 7) is 4.44. The predicted molar refractivity (Wildman–Crippen MR) is 98.0 cm³/mol. The molecule has 0 radical (unpaired) electrons. The van der Waals surface area contributed by atoms with Crippen LogP contribution >= 0.6 is 11.8 Å². The Morgan fingerprint density at radius 1 is 1.29 bits per heavy atom. The first-order valence-electron chi connectivity index (χ1n) is 8.20. The van der Waals surface area contributed by atoms with Crippen LogP contribution in [0.2, 0.25) is 0 Å². The van der Waals surface area contributed by atoms with Crippen LogP contribution in [0.3, 0.4) is 0 Å². The lowest BCUT2D eigenvalue weighted by atomic mass is 10.0. The maximum absolute atomic E-state index is 13.6. The molecule has 7 nitrogen and oxygen atoms in total. The number of carbonyl (C=O) groups excluding carboxylic acids is 1. The highest BCUT2D eigenvalue weighted by Gasteiger charge is 2.45. The zero-order valence-electron chi connectivity index (χ0n) is 15.6. The third-order valence-corrected chi connectivity index (χ3v) is 5.31. The number of aryl methyl sites for hydroxylation is 2. The molecule has 0 aliphatic rings. The highest BCUT2D eigenvalue weighted by Crippen LogP contribution is 2.36. The van der Waals surface area contributed by atoms with Crippen LogP contribution in [0.5, 0.6) is 0 Å². The Bertz CT molecular complexity index is 881. The lowest BCUT2D eigenvalue weighted by Crippen LogP contribution is -2.42. The van der Waals surface area contributed by atoms with Crippen LogP contribution in [0.1, 0.15) is 29.9 Å². The summed E-state index contributed by atoms with van der Waals surface area (Å²) in [5, 5.41) is 15.9. The summed E-state index contributed by atoms with van der Waals surface area (Å²) in [4.78, 5) is 23.1. The van der Waals surface area contributed by atoms with Crippen LogP contribution in [0.25, 0.3) is 0 Å². The molecule has 2 rings (SSSR count). The second kappa shape index (κ2) is 8.21. The molecule has 0 aliphatic heterocycles. The summed E-state index contributed by atoms with van der Waals surface area (Å²) in [5.41, 5.74) is 0.325. The summed E-state index contributed by atoms with van der Waals surface area (Å²) in [5.74, 6) is -0.798. The number of nitrogens with one attached hydrogen (secondary N) is 1. The quantitative estimate of drug-likeness (QED) is 0.439. The molecule has 1 aromatic carbocycles. The van der Waals surface area contributed by atoms with E-state index in [1.54, 1.807) is 0 Å². The summed E-state index contributed by atoms with van der Waals surface area (Å²) in [7, 11) is 1.54. The SMILES string of the molecule is Cc1nn(C)c(C)c1[C@@H](NC(=O)[C@@H](C)Sc1ccc([N+](=O)[O-])cc1)C(F)(F)F. The summed E-state index contributed by atoms with van der Waals surface area (Å²) in [6.07, 6.45) is -4.69. The molecule has 1 heterocycles. The molecule has 0 fully saturated rings. The average Bonchev–Trinajstić information content (AvgIpc) is 2.84. The van der Waals surface area contributed by atoms with Crippen molar-refractivity contribution >= 4 is 23.4 Å². The smallest absolute Gasteiger partial charge is 0.340 e. The second-order valence-electron chi connectivity index (χ2n) is 6.20. The van der Waals surface area contributed by atoms with Gasteiger partial charge in [0.2, 0.25) is 5.91 Å². The monoisotopic (exact) mass is 416 g/mol. The highest BCUT2D eigenvalue weighted by molar-refractivity contribution is 8.00. The van der Waals surface area contributed by atoms with Gasteiger partial charge in [0.15, 0.2) is 6.04 Å². The Balaban J connectivity index is 2.18. The predicted octanol–water partition coefficient (Wildman–Crippen LogP) is 3.85. The van der Waals surface area contributed by atoms with E-state index in [9.17, 15) is 28.1 Å². The van der Waals surface area contributed by atoms with E-state index < -0.39 is 28.3 Å². The molecule has 28 heavy (non-hydrogen) atoms. The van der Waals surface area contributed by atoms with Crippen molar-refractivity contribution in [3.8, 4) is 0 Å². The number of non-ortho nitro benzene ring substituents is 1. The molecule has 0 saturated carbocycles. The third kappa shape index (κ3) is 4.83. The molecule has 0 bridgehead atoms. The number of amides is 1. The number of hydrogen-bond donors (Lipinski definition) is 1. The van der Waals surface area contributed by atoms with Crippen molar-refractivity contribution in [3.63, 3.8) is 0 Å². The van der Waals surface area contributed by atoms with E-state index in [-0.39, 0.29) is 16.9 Å². The van der Waals surface area contributed by atoms with Crippen LogP contribution in [0.15, 0.2) is 29.2 Å². The normalized spacial score (nSPS) is 13.8. The minimum absolute atomic E-state index is 0.0733. The van der Waals surface area contributed by atoms with Crippen molar-refractivity contribution in [2.24, 2.45) is 7.05 Å². The minimum Gasteiger partial charge on any atom is -0.340 e. The third-order valence-electron chi connectivity index (χ3n) is 4.20. The molecule has 2 aromatic rings. The van der Waals surface area contributed by atoms with Crippen molar-refractivity contribution in [1.82, 2.24) is 15.1 Å². The summed E-state index contributed by atoms with van der Waals surface area (Å²) < 4.78 is 42.2. The van der Waals surface area contributed by atoms with Gasteiger partial charge in [0.05, 0.1) is 15.9 Å². The number of nitro benzene ring substituents is 1. The average molecular weight is 416 g/mol. The Morgan fingerprint density at radius 3 is 2.29 bits per heavy atom. The van der Waals surface area contributed by atoms with Crippen molar-refractivity contribution < 1.29 is 22.9 Å². The zero-order chi connectivity index (χ0) is 21.2. The maximum atomic E-state index is 13.6. The first-order chi connectivity index (χ1) is 12.9. The molecule has 152 valence electrons. The maximum Gasteiger partial charge on any atom is 0.413 e. The lowest BCUT2D eigenvalue weighted by Gasteiger charge is -2.24. The number of halogens is 3. The lowest BCUT2D eigenvalue weighted by molar-refractivity contribution is -0.384. The zero-order valence-corrected chi connectivity index (χ0v) is 16.4. The van der Waals surface area contributed by atoms with E-state index in [0.717, 1.165) is 11.8 Å². The Kier molecular flexibility index (Phi) is 6.37. The van der Waals surface area contributed by atoms with E-state index in [4.69, 9.17) is 0 Å². The molecule has 0 unspecified atom stereocenters. The van der Waals surface area contributed by atoms with E-state index in [1.807, 2.05) is 0 Å². The van der Waals surface area contributed by atoms with Gasteiger partial charge in [-0.2, -0.15) is 18.3 Å². The van der Waals surface area contributed by atoms with Gasteiger partial charge in [0.1, 0.15) is 0 Å². The Morgan fingerprint density at radius 2 is 1.86 bits per heavy atom. The number of thioether (sulfide) groups is 1. The van der Waals surface area contributed by atoms with Gasteiger partial charge in [-0.25, -0.2) is 0 Å². The van der Waals surface area contributed by atoms with Crippen molar-refractivity contribution in [3.05, 3.63) is 51.3 Å².